The van der Waals surface area contributed by atoms with Gasteiger partial charge in [-0.1, -0.05) is 24.8 Å². The molecule has 0 amide bonds. The van der Waals surface area contributed by atoms with Crippen molar-refractivity contribution < 1.29 is 13.9 Å². The highest BCUT2D eigenvalue weighted by Gasteiger charge is 2.15. The zero-order valence-electron chi connectivity index (χ0n) is 15.8. The molecule has 3 aromatic carbocycles. The lowest BCUT2D eigenvalue weighted by Crippen LogP contribution is -2.30. The summed E-state index contributed by atoms with van der Waals surface area (Å²) in [4.78, 5) is 0. The maximum Gasteiger partial charge on any atom is 0.171 e. The average Bonchev–Trinajstić information content (AvgIpc) is 2.74. The van der Waals surface area contributed by atoms with Crippen LogP contribution < -0.4 is 20.5 Å². The van der Waals surface area contributed by atoms with Crippen LogP contribution in [0.1, 0.15) is 5.56 Å². The number of nitrogens with two attached hydrogens (primary N) is 1. The molecule has 6 heteroatoms. The van der Waals surface area contributed by atoms with Crippen molar-refractivity contribution in [3.8, 4) is 11.5 Å². The first kappa shape index (κ1) is 19.9. The van der Waals surface area contributed by atoms with Crippen molar-refractivity contribution in [3.63, 3.8) is 0 Å². The molecular weight excluding hydrogens is 369 g/mol. The van der Waals surface area contributed by atoms with Crippen LogP contribution in [0.4, 0.5) is 15.8 Å². The first-order chi connectivity index (χ1) is 14.0. The molecule has 0 aliphatic carbocycles. The topological polar surface area (TPSA) is 80.4 Å². The van der Waals surface area contributed by atoms with Crippen LogP contribution in [-0.2, 0) is 0 Å². The van der Waals surface area contributed by atoms with Gasteiger partial charge in [0.1, 0.15) is 23.9 Å². The second-order valence-electron chi connectivity index (χ2n) is 6.33. The molecule has 0 saturated carbocycles. The molecule has 0 aliphatic heterocycles. The van der Waals surface area contributed by atoms with Gasteiger partial charge < -0.3 is 25.9 Å². The summed E-state index contributed by atoms with van der Waals surface area (Å²) in [7, 11) is 0. The first-order valence-corrected chi connectivity index (χ1v) is 9.01. The van der Waals surface area contributed by atoms with E-state index in [2.05, 4.69) is 11.9 Å². The molecule has 4 N–H and O–H groups in total. The third kappa shape index (κ3) is 5.59. The lowest BCUT2D eigenvalue weighted by atomic mass is 10.1. The number of benzene rings is 3. The molecule has 5 nitrogen and oxygen atoms in total. The monoisotopic (exact) mass is 391 g/mol. The normalized spacial score (nSPS) is 11.3. The van der Waals surface area contributed by atoms with Gasteiger partial charge in [-0.05, 0) is 54.6 Å². The Morgan fingerprint density at radius 2 is 1.79 bits per heavy atom. The van der Waals surface area contributed by atoms with E-state index < -0.39 is 6.10 Å². The molecule has 1 atom stereocenters. The molecule has 0 aliphatic rings. The van der Waals surface area contributed by atoms with Gasteiger partial charge in [0, 0.05) is 28.8 Å². The largest absolute Gasteiger partial charge is 0.489 e. The maximum absolute atomic E-state index is 13.1. The lowest BCUT2D eigenvalue weighted by Gasteiger charge is -2.20. The minimum atomic E-state index is -0.551. The van der Waals surface area contributed by atoms with Gasteiger partial charge >= 0.3 is 0 Å². The summed E-state index contributed by atoms with van der Waals surface area (Å²) < 4.78 is 24.7. The number of rotatable bonds is 9. The van der Waals surface area contributed by atoms with E-state index in [9.17, 15) is 4.39 Å². The standard InChI is InChI=1S/C23H22FN3O2/c1-16(26)23(15-28-20-5-3-2-4-6-20)29-21-11-12-22(17(13-21)14-25)27-19-9-7-18(24)8-10-19/h2-14,23,25,27H,1,15,26H2/t23-/m1/s1. The van der Waals surface area contributed by atoms with E-state index >= 15 is 0 Å². The molecule has 0 saturated heterocycles. The number of halogens is 1. The van der Waals surface area contributed by atoms with Crippen molar-refractivity contribution in [1.82, 2.24) is 0 Å². The number of hydrogen-bond acceptors (Lipinski definition) is 5. The van der Waals surface area contributed by atoms with Crippen LogP contribution in [0.3, 0.4) is 0 Å². The van der Waals surface area contributed by atoms with Crippen LogP contribution in [-0.4, -0.2) is 18.9 Å². The highest BCUT2D eigenvalue weighted by atomic mass is 19.1. The fourth-order valence-corrected chi connectivity index (χ4v) is 2.61. The summed E-state index contributed by atoms with van der Waals surface area (Å²) in [6.07, 6.45) is 0.663. The van der Waals surface area contributed by atoms with Crippen molar-refractivity contribution in [3.05, 3.63) is 96.5 Å². The van der Waals surface area contributed by atoms with E-state index in [0.717, 1.165) is 0 Å². The Morgan fingerprint density at radius 1 is 1.07 bits per heavy atom. The summed E-state index contributed by atoms with van der Waals surface area (Å²) in [5, 5.41) is 10.9. The van der Waals surface area contributed by atoms with Crippen molar-refractivity contribution >= 4 is 17.6 Å². The fourth-order valence-electron chi connectivity index (χ4n) is 2.61. The Hall–Kier alpha value is -3.80. The third-order valence-electron chi connectivity index (χ3n) is 4.14. The maximum atomic E-state index is 13.1. The molecule has 3 aromatic rings. The number of nitrogens with one attached hydrogen (secondary N) is 2. The summed E-state index contributed by atoms with van der Waals surface area (Å²) in [6.45, 7) is 3.98. The van der Waals surface area contributed by atoms with Gasteiger partial charge in [-0.25, -0.2) is 4.39 Å². The number of para-hydroxylation sites is 1. The van der Waals surface area contributed by atoms with Crippen molar-refractivity contribution in [1.29, 1.82) is 5.41 Å². The van der Waals surface area contributed by atoms with Crippen molar-refractivity contribution in [2.24, 2.45) is 5.73 Å². The van der Waals surface area contributed by atoms with Gasteiger partial charge in [0.2, 0.25) is 0 Å². The van der Waals surface area contributed by atoms with Crippen LogP contribution in [0.15, 0.2) is 85.1 Å². The molecule has 0 unspecified atom stereocenters. The number of hydrogen-bond donors (Lipinski definition) is 3. The van der Waals surface area contributed by atoms with Crippen LogP contribution in [0.5, 0.6) is 11.5 Å². The van der Waals surface area contributed by atoms with E-state index in [1.54, 1.807) is 30.3 Å². The molecular formula is C23H22FN3O2. The summed E-state index contributed by atoms with van der Waals surface area (Å²) in [6, 6.07) is 20.6. The summed E-state index contributed by atoms with van der Waals surface area (Å²) in [5.74, 6) is 0.931. The Balaban J connectivity index is 1.71. The van der Waals surface area contributed by atoms with Crippen LogP contribution >= 0.6 is 0 Å². The molecule has 3 rings (SSSR count). The first-order valence-electron chi connectivity index (χ1n) is 9.01. The van der Waals surface area contributed by atoms with Crippen LogP contribution in [0, 0.1) is 11.2 Å². The Bertz CT molecular complexity index is 975. The predicted molar refractivity (Wildman–Crippen MR) is 114 cm³/mol. The van der Waals surface area contributed by atoms with E-state index in [4.69, 9.17) is 20.6 Å². The van der Waals surface area contributed by atoms with Crippen molar-refractivity contribution in [2.75, 3.05) is 11.9 Å². The molecule has 0 bridgehead atoms. The van der Waals surface area contributed by atoms with Gasteiger partial charge in [-0.15, -0.1) is 0 Å². The van der Waals surface area contributed by atoms with Gasteiger partial charge in [0.15, 0.2) is 6.10 Å². The van der Waals surface area contributed by atoms with Gasteiger partial charge in [0.05, 0.1) is 0 Å². The van der Waals surface area contributed by atoms with E-state index in [0.29, 0.717) is 34.1 Å². The van der Waals surface area contributed by atoms with Crippen molar-refractivity contribution in [2.45, 2.75) is 6.10 Å². The fraction of sp³-hybridized carbons (Fsp3) is 0.0870. The minimum Gasteiger partial charge on any atom is -0.489 e. The Labute approximate surface area is 169 Å². The highest BCUT2D eigenvalue weighted by Crippen LogP contribution is 2.25. The molecule has 0 spiro atoms. The second kappa shape index (κ2) is 9.41. The molecule has 29 heavy (non-hydrogen) atoms. The van der Waals surface area contributed by atoms with Gasteiger partial charge in [-0.3, -0.25) is 0 Å². The van der Waals surface area contributed by atoms with Crippen LogP contribution in [0.25, 0.3) is 0 Å². The summed E-state index contributed by atoms with van der Waals surface area (Å²) >= 11 is 0. The molecule has 0 heterocycles. The van der Waals surface area contributed by atoms with E-state index in [1.165, 1.54) is 18.3 Å². The molecule has 148 valence electrons. The summed E-state index contributed by atoms with van der Waals surface area (Å²) in [5.41, 5.74) is 8.24. The van der Waals surface area contributed by atoms with Gasteiger partial charge in [-0.2, -0.15) is 0 Å². The van der Waals surface area contributed by atoms with E-state index in [-0.39, 0.29) is 12.4 Å². The minimum absolute atomic E-state index is 0.203. The SMILES string of the molecule is C=C(N)[C@@H](COc1ccccc1)Oc1ccc(Nc2ccc(F)cc2)c(C=N)c1. The number of anilines is 2. The quantitative estimate of drug-likeness (QED) is 0.455. The molecule has 0 fully saturated rings. The second-order valence-corrected chi connectivity index (χ2v) is 6.33. The third-order valence-corrected chi connectivity index (χ3v) is 4.14. The van der Waals surface area contributed by atoms with E-state index in [1.807, 2.05) is 30.3 Å². The zero-order chi connectivity index (χ0) is 20.6. The van der Waals surface area contributed by atoms with Gasteiger partial charge in [0.25, 0.3) is 0 Å². The average molecular weight is 391 g/mol. The van der Waals surface area contributed by atoms with Crippen LogP contribution in [0.2, 0.25) is 0 Å². The number of ether oxygens (including phenoxy) is 2. The Morgan fingerprint density at radius 3 is 2.45 bits per heavy atom. The lowest BCUT2D eigenvalue weighted by molar-refractivity contribution is 0.154. The molecule has 0 aromatic heterocycles. The predicted octanol–water partition coefficient (Wildman–Crippen LogP) is 4.87. The zero-order valence-corrected chi connectivity index (χ0v) is 15.8. The Kier molecular flexibility index (Phi) is 6.47. The highest BCUT2D eigenvalue weighted by molar-refractivity contribution is 5.88. The molecule has 0 radical (unpaired) electrons. The smallest absolute Gasteiger partial charge is 0.171 e.